The molecule has 0 amide bonds. The van der Waals surface area contributed by atoms with E-state index in [4.69, 9.17) is 0 Å². The molecular weight excluding hydrogens is 276 g/mol. The van der Waals surface area contributed by atoms with E-state index in [0.29, 0.717) is 35.5 Å². The normalized spacial score (nSPS) is 57.9. The molecule has 0 radical (unpaired) electrons. The third kappa shape index (κ3) is 1.84. The van der Waals surface area contributed by atoms with Gasteiger partial charge in [-0.25, -0.2) is 0 Å². The van der Waals surface area contributed by atoms with Crippen LogP contribution in [0.3, 0.4) is 0 Å². The molecular formula is C19H30O3. The summed E-state index contributed by atoms with van der Waals surface area (Å²) in [6, 6.07) is 0. The van der Waals surface area contributed by atoms with E-state index in [-0.39, 0.29) is 17.3 Å². The molecule has 22 heavy (non-hydrogen) atoms. The molecule has 0 aromatic rings. The Bertz CT molecular complexity index is 489. The molecule has 0 aromatic heterocycles. The van der Waals surface area contributed by atoms with Crippen LogP contribution in [0.1, 0.15) is 65.2 Å². The number of hydrogen-bond donors (Lipinski definition) is 2. The zero-order chi connectivity index (χ0) is 15.7. The Kier molecular flexibility index (Phi) is 3.30. The summed E-state index contributed by atoms with van der Waals surface area (Å²) in [6.07, 6.45) is 7.43. The van der Waals surface area contributed by atoms with Gasteiger partial charge >= 0.3 is 0 Å². The second-order valence-corrected chi connectivity index (χ2v) is 9.16. The maximum atomic E-state index is 12.5. The SMILES string of the molecule is C[C@]12CCC3C(CC[C@H]4C[C@@H](O)CC[C@]34C)C1C[C@@H](O)C2=O. The number of aliphatic hydroxyl groups excluding tert-OH is 2. The van der Waals surface area contributed by atoms with Crippen LogP contribution in [0.15, 0.2) is 0 Å². The third-order valence-corrected chi connectivity index (χ3v) is 8.37. The minimum Gasteiger partial charge on any atom is -0.393 e. The van der Waals surface area contributed by atoms with Crippen molar-refractivity contribution in [3.05, 3.63) is 0 Å². The van der Waals surface area contributed by atoms with Gasteiger partial charge in [0.2, 0.25) is 0 Å². The smallest absolute Gasteiger partial charge is 0.167 e. The third-order valence-electron chi connectivity index (χ3n) is 8.37. The lowest BCUT2D eigenvalue weighted by molar-refractivity contribution is -0.144. The largest absolute Gasteiger partial charge is 0.393 e. The molecule has 3 unspecified atom stereocenters. The van der Waals surface area contributed by atoms with Gasteiger partial charge in [0, 0.05) is 5.41 Å². The number of ketones is 1. The van der Waals surface area contributed by atoms with Crippen LogP contribution in [-0.2, 0) is 4.79 Å². The molecule has 4 rings (SSSR count). The van der Waals surface area contributed by atoms with E-state index < -0.39 is 6.10 Å². The Morgan fingerprint density at radius 2 is 1.73 bits per heavy atom. The summed E-state index contributed by atoms with van der Waals surface area (Å²) in [7, 11) is 0. The summed E-state index contributed by atoms with van der Waals surface area (Å²) in [4.78, 5) is 12.5. The van der Waals surface area contributed by atoms with Gasteiger partial charge in [-0.15, -0.1) is 0 Å². The van der Waals surface area contributed by atoms with Crippen LogP contribution < -0.4 is 0 Å². The summed E-state index contributed by atoms with van der Waals surface area (Å²) in [6.45, 7) is 4.57. The van der Waals surface area contributed by atoms with Crippen LogP contribution in [0.5, 0.6) is 0 Å². The van der Waals surface area contributed by atoms with E-state index in [2.05, 4.69) is 13.8 Å². The molecule has 4 aliphatic carbocycles. The molecule has 4 saturated carbocycles. The second-order valence-electron chi connectivity index (χ2n) is 9.16. The monoisotopic (exact) mass is 306 g/mol. The highest BCUT2D eigenvalue weighted by Gasteiger charge is 2.62. The van der Waals surface area contributed by atoms with Crippen molar-refractivity contribution in [2.24, 2.45) is 34.5 Å². The molecule has 8 atom stereocenters. The lowest BCUT2D eigenvalue weighted by atomic mass is 9.45. The summed E-state index contributed by atoms with van der Waals surface area (Å²) in [5.74, 6) is 2.45. The molecule has 0 aromatic carbocycles. The van der Waals surface area contributed by atoms with Crippen LogP contribution in [0.2, 0.25) is 0 Å². The van der Waals surface area contributed by atoms with Gasteiger partial charge in [0.25, 0.3) is 0 Å². The fourth-order valence-corrected chi connectivity index (χ4v) is 7.02. The highest BCUT2D eigenvalue weighted by atomic mass is 16.3. The number of carbonyl (C=O) groups is 1. The number of aliphatic hydroxyl groups is 2. The van der Waals surface area contributed by atoms with Crippen molar-refractivity contribution < 1.29 is 15.0 Å². The summed E-state index contributed by atoms with van der Waals surface area (Å²) >= 11 is 0. The average molecular weight is 306 g/mol. The van der Waals surface area contributed by atoms with Crippen molar-refractivity contribution >= 4 is 5.78 Å². The van der Waals surface area contributed by atoms with Crippen LogP contribution in [0.4, 0.5) is 0 Å². The molecule has 124 valence electrons. The lowest BCUT2D eigenvalue weighted by Gasteiger charge is -2.59. The zero-order valence-electron chi connectivity index (χ0n) is 13.9. The lowest BCUT2D eigenvalue weighted by Crippen LogP contribution is -2.54. The molecule has 0 spiro atoms. The number of Topliss-reactive ketones (excluding diaryl/α,β-unsaturated/α-hetero) is 1. The Hall–Kier alpha value is -0.410. The molecule has 0 heterocycles. The molecule has 3 nitrogen and oxygen atoms in total. The zero-order valence-corrected chi connectivity index (χ0v) is 13.9. The number of hydrogen-bond acceptors (Lipinski definition) is 3. The summed E-state index contributed by atoms with van der Waals surface area (Å²) in [5.41, 5.74) is 0.0814. The predicted octanol–water partition coefficient (Wildman–Crippen LogP) is 2.93. The van der Waals surface area contributed by atoms with Gasteiger partial charge in [-0.05, 0) is 80.5 Å². The van der Waals surface area contributed by atoms with E-state index >= 15 is 0 Å². The molecule has 4 fully saturated rings. The van der Waals surface area contributed by atoms with Crippen molar-refractivity contribution in [2.75, 3.05) is 0 Å². The predicted molar refractivity (Wildman–Crippen MR) is 84.1 cm³/mol. The van der Waals surface area contributed by atoms with E-state index in [9.17, 15) is 15.0 Å². The van der Waals surface area contributed by atoms with Crippen molar-refractivity contribution in [1.82, 2.24) is 0 Å². The van der Waals surface area contributed by atoms with Gasteiger partial charge in [0.15, 0.2) is 5.78 Å². The Morgan fingerprint density at radius 3 is 2.50 bits per heavy atom. The van der Waals surface area contributed by atoms with E-state index in [0.717, 1.165) is 32.1 Å². The highest BCUT2D eigenvalue weighted by molar-refractivity contribution is 5.91. The average Bonchev–Trinajstić information content (AvgIpc) is 2.72. The fraction of sp³-hybridized carbons (Fsp3) is 0.947. The first-order chi connectivity index (χ1) is 10.4. The number of fused-ring (bicyclic) bond motifs is 5. The maximum Gasteiger partial charge on any atom is 0.167 e. The number of rotatable bonds is 0. The van der Waals surface area contributed by atoms with Crippen molar-refractivity contribution in [2.45, 2.75) is 77.4 Å². The van der Waals surface area contributed by atoms with Crippen LogP contribution in [0.25, 0.3) is 0 Å². The van der Waals surface area contributed by atoms with Crippen LogP contribution >= 0.6 is 0 Å². The summed E-state index contributed by atoms with van der Waals surface area (Å²) < 4.78 is 0. The van der Waals surface area contributed by atoms with Gasteiger partial charge in [-0.2, -0.15) is 0 Å². The van der Waals surface area contributed by atoms with Gasteiger partial charge in [0.05, 0.1) is 6.10 Å². The maximum absolute atomic E-state index is 12.5. The molecule has 2 N–H and O–H groups in total. The molecule has 0 bridgehead atoms. The molecule has 0 aliphatic heterocycles. The van der Waals surface area contributed by atoms with E-state index in [1.807, 2.05) is 0 Å². The topological polar surface area (TPSA) is 57.5 Å². The van der Waals surface area contributed by atoms with Gasteiger partial charge in [0.1, 0.15) is 6.10 Å². The summed E-state index contributed by atoms with van der Waals surface area (Å²) in [5, 5.41) is 20.2. The van der Waals surface area contributed by atoms with Gasteiger partial charge < -0.3 is 10.2 Å². The van der Waals surface area contributed by atoms with Crippen LogP contribution in [-0.4, -0.2) is 28.2 Å². The quantitative estimate of drug-likeness (QED) is 0.723. The number of carbonyl (C=O) groups excluding carboxylic acids is 1. The molecule has 4 aliphatic rings. The minimum absolute atomic E-state index is 0.0987. The first kappa shape index (κ1) is 15.1. The van der Waals surface area contributed by atoms with Crippen molar-refractivity contribution in [1.29, 1.82) is 0 Å². The Balaban J connectivity index is 1.64. The Morgan fingerprint density at radius 1 is 0.955 bits per heavy atom. The van der Waals surface area contributed by atoms with Crippen molar-refractivity contribution in [3.63, 3.8) is 0 Å². The first-order valence-corrected chi connectivity index (χ1v) is 9.26. The molecule has 3 heteroatoms. The minimum atomic E-state index is -0.715. The van der Waals surface area contributed by atoms with Crippen molar-refractivity contribution in [3.8, 4) is 0 Å². The standard InChI is InChI=1S/C19H30O3/c1-18-7-5-12(20)9-11(18)3-4-13-14(18)6-8-19(2)15(13)10-16(21)17(19)22/h11-16,20-21H,3-10H2,1-2H3/t11-,12-,13?,14?,15?,16+,18-,19-/m0/s1. The first-order valence-electron chi connectivity index (χ1n) is 9.26. The van der Waals surface area contributed by atoms with Gasteiger partial charge in [-0.1, -0.05) is 13.8 Å². The fourth-order valence-electron chi connectivity index (χ4n) is 7.02. The molecule has 0 saturated heterocycles. The second kappa shape index (κ2) is 4.80. The Labute approximate surface area is 133 Å². The van der Waals surface area contributed by atoms with E-state index in [1.54, 1.807) is 0 Å². The van der Waals surface area contributed by atoms with Crippen LogP contribution in [0, 0.1) is 34.5 Å². The van der Waals surface area contributed by atoms with Gasteiger partial charge in [-0.3, -0.25) is 4.79 Å². The highest BCUT2D eigenvalue weighted by Crippen LogP contribution is 2.65. The van der Waals surface area contributed by atoms with E-state index in [1.165, 1.54) is 12.8 Å².